The topological polar surface area (TPSA) is 37.4 Å². The third-order valence-corrected chi connectivity index (χ3v) is 2.88. The fourth-order valence-corrected chi connectivity index (χ4v) is 2.02. The summed E-state index contributed by atoms with van der Waals surface area (Å²) in [7, 11) is 1.70. The highest BCUT2D eigenvalue weighted by atomic mass is 16.5. The highest BCUT2D eigenvalue weighted by Gasteiger charge is 2.14. The van der Waals surface area contributed by atoms with E-state index < -0.39 is 0 Å². The lowest BCUT2D eigenvalue weighted by Gasteiger charge is -2.24. The molecule has 0 saturated carbocycles. The highest BCUT2D eigenvalue weighted by molar-refractivity contribution is 5.58. The van der Waals surface area contributed by atoms with Crippen molar-refractivity contribution in [3.63, 3.8) is 0 Å². The average molecular weight is 221 g/mol. The maximum atomic E-state index is 5.37. The first kappa shape index (κ1) is 11.2. The quantitative estimate of drug-likeness (QED) is 0.814. The van der Waals surface area contributed by atoms with Crippen LogP contribution in [0.3, 0.4) is 0 Å². The van der Waals surface area contributed by atoms with E-state index in [-0.39, 0.29) is 0 Å². The predicted molar refractivity (Wildman–Crippen MR) is 65.2 cm³/mol. The molecule has 1 aromatic rings. The van der Waals surface area contributed by atoms with Gasteiger partial charge in [-0.15, -0.1) is 0 Å². The lowest BCUT2D eigenvalue weighted by molar-refractivity contribution is 0.412. The van der Waals surface area contributed by atoms with Gasteiger partial charge in [-0.25, -0.2) is 0 Å². The van der Waals surface area contributed by atoms with E-state index in [4.69, 9.17) is 4.74 Å². The molecule has 1 N–H and O–H groups in total. The molecule has 0 unspecified atom stereocenters. The van der Waals surface area contributed by atoms with Gasteiger partial charge < -0.3 is 15.0 Å². The van der Waals surface area contributed by atoms with Crippen molar-refractivity contribution in [2.45, 2.75) is 13.3 Å². The van der Waals surface area contributed by atoms with Gasteiger partial charge in [-0.3, -0.25) is 4.98 Å². The molecule has 0 aliphatic carbocycles. The van der Waals surface area contributed by atoms with Crippen LogP contribution in [0.5, 0.6) is 5.75 Å². The molecule has 0 spiro atoms. The molecule has 1 fully saturated rings. The zero-order valence-electron chi connectivity index (χ0n) is 9.99. The summed E-state index contributed by atoms with van der Waals surface area (Å²) in [5.74, 6) is 0.868. The van der Waals surface area contributed by atoms with Gasteiger partial charge in [0, 0.05) is 25.3 Å². The van der Waals surface area contributed by atoms with E-state index in [1.54, 1.807) is 7.11 Å². The Kier molecular flexibility index (Phi) is 3.62. The number of nitrogens with one attached hydrogen (secondary N) is 1. The van der Waals surface area contributed by atoms with Crippen LogP contribution in [0.15, 0.2) is 12.3 Å². The Morgan fingerprint density at radius 3 is 3.06 bits per heavy atom. The van der Waals surface area contributed by atoms with Gasteiger partial charge in [0.05, 0.1) is 19.0 Å². The number of methoxy groups -OCH3 is 1. The SMILES string of the molecule is COc1cnc(C)cc1N1CCCNCC1. The number of aromatic nitrogens is 1. The van der Waals surface area contributed by atoms with Gasteiger partial charge in [0.25, 0.3) is 0 Å². The molecule has 4 nitrogen and oxygen atoms in total. The van der Waals surface area contributed by atoms with Gasteiger partial charge in [0.2, 0.25) is 0 Å². The minimum absolute atomic E-state index is 0.868. The molecule has 0 radical (unpaired) electrons. The van der Waals surface area contributed by atoms with Crippen molar-refractivity contribution in [3.8, 4) is 5.75 Å². The van der Waals surface area contributed by atoms with Crippen LogP contribution >= 0.6 is 0 Å². The van der Waals surface area contributed by atoms with Crippen LogP contribution in [-0.4, -0.2) is 38.3 Å². The third kappa shape index (κ3) is 2.44. The van der Waals surface area contributed by atoms with Crippen LogP contribution in [0, 0.1) is 6.92 Å². The summed E-state index contributed by atoms with van der Waals surface area (Å²) >= 11 is 0. The van der Waals surface area contributed by atoms with Crippen molar-refractivity contribution in [1.82, 2.24) is 10.3 Å². The molecule has 2 heterocycles. The Balaban J connectivity index is 2.25. The van der Waals surface area contributed by atoms with Crippen molar-refractivity contribution < 1.29 is 4.74 Å². The number of anilines is 1. The predicted octanol–water partition coefficient (Wildman–Crippen LogP) is 1.20. The molecule has 2 rings (SSSR count). The van der Waals surface area contributed by atoms with Crippen molar-refractivity contribution in [2.24, 2.45) is 0 Å². The lowest BCUT2D eigenvalue weighted by atomic mass is 10.2. The number of pyridine rings is 1. The molecule has 0 amide bonds. The first-order valence-corrected chi connectivity index (χ1v) is 5.77. The third-order valence-electron chi connectivity index (χ3n) is 2.88. The molecule has 0 atom stereocenters. The standard InChI is InChI=1S/C12H19N3O/c1-10-8-11(12(16-2)9-14-10)15-6-3-4-13-5-7-15/h8-9,13H,3-7H2,1-2H3. The number of aryl methyl sites for hydroxylation is 1. The number of ether oxygens (including phenoxy) is 1. The van der Waals surface area contributed by atoms with E-state index >= 15 is 0 Å². The van der Waals surface area contributed by atoms with Crippen LogP contribution in [-0.2, 0) is 0 Å². The van der Waals surface area contributed by atoms with E-state index in [0.29, 0.717) is 0 Å². The van der Waals surface area contributed by atoms with E-state index in [2.05, 4.69) is 21.3 Å². The fourth-order valence-electron chi connectivity index (χ4n) is 2.02. The Morgan fingerprint density at radius 2 is 2.25 bits per heavy atom. The van der Waals surface area contributed by atoms with Gasteiger partial charge in [0.15, 0.2) is 5.75 Å². The molecule has 1 aliphatic heterocycles. The van der Waals surface area contributed by atoms with Crippen LogP contribution < -0.4 is 15.0 Å². The first-order valence-electron chi connectivity index (χ1n) is 5.77. The maximum absolute atomic E-state index is 5.37. The summed E-state index contributed by atoms with van der Waals surface area (Å²) in [5.41, 5.74) is 2.20. The Labute approximate surface area is 96.6 Å². The number of hydrogen-bond acceptors (Lipinski definition) is 4. The molecule has 1 aromatic heterocycles. The number of nitrogens with zero attached hydrogens (tertiary/aromatic N) is 2. The Bertz CT molecular complexity index is 346. The number of rotatable bonds is 2. The van der Waals surface area contributed by atoms with Gasteiger partial charge in [-0.1, -0.05) is 0 Å². The second kappa shape index (κ2) is 5.16. The van der Waals surface area contributed by atoms with E-state index in [1.807, 2.05) is 13.1 Å². The molecular weight excluding hydrogens is 202 g/mol. The molecule has 1 saturated heterocycles. The van der Waals surface area contributed by atoms with Gasteiger partial charge in [-0.05, 0) is 26.0 Å². The molecule has 1 aliphatic rings. The second-order valence-electron chi connectivity index (χ2n) is 4.09. The largest absolute Gasteiger partial charge is 0.493 e. The van der Waals surface area contributed by atoms with Gasteiger partial charge in [-0.2, -0.15) is 0 Å². The van der Waals surface area contributed by atoms with Crippen molar-refractivity contribution in [1.29, 1.82) is 0 Å². The molecule has 88 valence electrons. The minimum atomic E-state index is 0.868. The monoisotopic (exact) mass is 221 g/mol. The fraction of sp³-hybridized carbons (Fsp3) is 0.583. The van der Waals surface area contributed by atoms with E-state index in [9.17, 15) is 0 Å². The van der Waals surface area contributed by atoms with Gasteiger partial charge >= 0.3 is 0 Å². The van der Waals surface area contributed by atoms with Crippen molar-refractivity contribution >= 4 is 5.69 Å². The van der Waals surface area contributed by atoms with Gasteiger partial charge in [0.1, 0.15) is 0 Å². The minimum Gasteiger partial charge on any atom is -0.493 e. The number of hydrogen-bond donors (Lipinski definition) is 1. The van der Waals surface area contributed by atoms with Crippen LogP contribution in [0.1, 0.15) is 12.1 Å². The lowest BCUT2D eigenvalue weighted by Crippen LogP contribution is -2.28. The van der Waals surface area contributed by atoms with Crippen LogP contribution in [0.2, 0.25) is 0 Å². The van der Waals surface area contributed by atoms with Crippen molar-refractivity contribution in [2.75, 3.05) is 38.2 Å². The summed E-state index contributed by atoms with van der Waals surface area (Å²) in [4.78, 5) is 6.63. The maximum Gasteiger partial charge on any atom is 0.160 e. The van der Waals surface area contributed by atoms with E-state index in [0.717, 1.165) is 37.6 Å². The Morgan fingerprint density at radius 1 is 1.38 bits per heavy atom. The Hall–Kier alpha value is -1.29. The molecule has 0 aromatic carbocycles. The van der Waals surface area contributed by atoms with Crippen molar-refractivity contribution in [3.05, 3.63) is 18.0 Å². The average Bonchev–Trinajstić information content (AvgIpc) is 2.57. The zero-order chi connectivity index (χ0) is 11.4. The molecular formula is C12H19N3O. The molecule has 0 bridgehead atoms. The van der Waals surface area contributed by atoms with Crippen LogP contribution in [0.4, 0.5) is 5.69 Å². The summed E-state index contributed by atoms with van der Waals surface area (Å²) in [6, 6.07) is 2.10. The van der Waals surface area contributed by atoms with Crippen LogP contribution in [0.25, 0.3) is 0 Å². The normalized spacial score (nSPS) is 17.0. The first-order chi connectivity index (χ1) is 7.81. The highest BCUT2D eigenvalue weighted by Crippen LogP contribution is 2.28. The second-order valence-corrected chi connectivity index (χ2v) is 4.09. The zero-order valence-corrected chi connectivity index (χ0v) is 9.99. The summed E-state index contributed by atoms with van der Waals surface area (Å²) < 4.78 is 5.37. The van der Waals surface area contributed by atoms with E-state index in [1.165, 1.54) is 12.1 Å². The summed E-state index contributed by atoms with van der Waals surface area (Å²) in [5, 5.41) is 3.40. The molecule has 16 heavy (non-hydrogen) atoms. The summed E-state index contributed by atoms with van der Waals surface area (Å²) in [6.45, 7) is 6.25. The summed E-state index contributed by atoms with van der Waals surface area (Å²) in [6.07, 6.45) is 2.98. The molecule has 4 heteroatoms. The smallest absolute Gasteiger partial charge is 0.160 e.